The highest BCUT2D eigenvalue weighted by Crippen LogP contribution is 2.26. The van der Waals surface area contributed by atoms with Crippen molar-refractivity contribution in [3.8, 4) is 0 Å². The summed E-state index contributed by atoms with van der Waals surface area (Å²) in [5.41, 5.74) is 6.35. The Morgan fingerprint density at radius 1 is 1.27 bits per heavy atom. The number of aromatic nitrogens is 2. The Labute approximate surface area is 134 Å². The maximum atomic E-state index is 12.1. The topological polar surface area (TPSA) is 90.6 Å². The van der Waals surface area contributed by atoms with Gasteiger partial charge >= 0.3 is 0 Å². The molecule has 22 heavy (non-hydrogen) atoms. The third-order valence-electron chi connectivity index (χ3n) is 3.05. The van der Waals surface area contributed by atoms with E-state index in [1.165, 1.54) is 22.8 Å². The number of carbonyl (C=O) groups is 1. The van der Waals surface area contributed by atoms with Crippen LogP contribution in [0.25, 0.3) is 11.7 Å². The third kappa shape index (κ3) is 2.36. The lowest BCUT2D eigenvalue weighted by Gasteiger charge is -2.07. The lowest BCUT2D eigenvalue weighted by atomic mass is 10.1. The molecule has 0 unspecified atom stereocenters. The number of ketones is 1. The fourth-order valence-corrected chi connectivity index (χ4v) is 2.56. The first-order valence-corrected chi connectivity index (χ1v) is 6.92. The van der Waals surface area contributed by atoms with Crippen molar-refractivity contribution in [2.24, 2.45) is 0 Å². The first kappa shape index (κ1) is 14.6. The van der Waals surface area contributed by atoms with Crippen molar-refractivity contribution < 1.29 is 9.32 Å². The molecule has 0 aliphatic heterocycles. The first-order chi connectivity index (χ1) is 10.4. The van der Waals surface area contributed by atoms with E-state index in [1.54, 1.807) is 13.0 Å². The van der Waals surface area contributed by atoms with Crippen LogP contribution in [0.15, 0.2) is 43.2 Å². The summed E-state index contributed by atoms with van der Waals surface area (Å²) in [7, 11) is 0. The molecule has 0 saturated carbocycles. The minimum absolute atomic E-state index is 0.0414. The van der Waals surface area contributed by atoms with E-state index in [4.69, 9.17) is 33.5 Å². The number of aryl methyl sites for hydroxylation is 1. The highest BCUT2D eigenvalue weighted by molar-refractivity contribution is 6.55. The van der Waals surface area contributed by atoms with Gasteiger partial charge in [-0.3, -0.25) is 9.59 Å². The second-order valence-corrected chi connectivity index (χ2v) is 5.49. The lowest BCUT2D eigenvalue weighted by molar-refractivity contribution is -0.111. The van der Waals surface area contributed by atoms with Crippen LogP contribution in [0.4, 0.5) is 5.82 Å². The van der Waals surface area contributed by atoms with Crippen LogP contribution in [-0.2, 0) is 4.79 Å². The Kier molecular flexibility index (Phi) is 3.42. The molecule has 0 saturated heterocycles. The second-order valence-electron chi connectivity index (χ2n) is 4.67. The van der Waals surface area contributed by atoms with E-state index < -0.39 is 11.3 Å². The zero-order valence-corrected chi connectivity index (χ0v) is 12.8. The minimum Gasteiger partial charge on any atom is -0.382 e. The number of hydrogen-bond acceptors (Lipinski definition) is 5. The number of hydrogen-bond donors (Lipinski definition) is 1. The molecule has 2 aromatic rings. The van der Waals surface area contributed by atoms with E-state index in [2.05, 4.69) is 4.98 Å². The van der Waals surface area contributed by atoms with Crippen molar-refractivity contribution in [3.63, 3.8) is 0 Å². The average molecular weight is 338 g/mol. The number of rotatable bonds is 1. The zero-order valence-electron chi connectivity index (χ0n) is 11.3. The van der Waals surface area contributed by atoms with Crippen molar-refractivity contribution in [1.29, 1.82) is 0 Å². The van der Waals surface area contributed by atoms with E-state index >= 15 is 0 Å². The molecule has 1 aliphatic carbocycles. The number of Topliss-reactive ketones (excluding diaryl/α,β-unsaturated/α-hetero) is 1. The van der Waals surface area contributed by atoms with Crippen LogP contribution in [0.2, 0.25) is 0 Å². The number of nitrogens with two attached hydrogens (primary N) is 1. The first-order valence-electron chi connectivity index (χ1n) is 6.17. The second kappa shape index (κ2) is 5.15. The predicted octanol–water partition coefficient (Wildman–Crippen LogP) is 2.39. The van der Waals surface area contributed by atoms with E-state index in [1.807, 2.05) is 0 Å². The van der Waals surface area contributed by atoms with Gasteiger partial charge in [-0.15, -0.1) is 4.57 Å². The van der Waals surface area contributed by atoms with Gasteiger partial charge in [0.05, 0.1) is 15.6 Å². The number of nitrogens with zero attached hydrogens (tertiary/aromatic N) is 2. The molecule has 0 atom stereocenters. The molecule has 0 radical (unpaired) electrons. The van der Waals surface area contributed by atoms with Gasteiger partial charge in [0.2, 0.25) is 5.78 Å². The van der Waals surface area contributed by atoms with Gasteiger partial charge < -0.3 is 10.3 Å². The number of fused-ring (bicyclic) bond motifs is 1. The van der Waals surface area contributed by atoms with E-state index in [0.717, 1.165) is 0 Å². The predicted molar refractivity (Wildman–Crippen MR) is 83.7 cm³/mol. The van der Waals surface area contributed by atoms with Crippen LogP contribution in [0.1, 0.15) is 11.3 Å². The normalized spacial score (nSPS) is 15.0. The zero-order chi connectivity index (χ0) is 16.0. The van der Waals surface area contributed by atoms with E-state index in [0.29, 0.717) is 17.0 Å². The van der Waals surface area contributed by atoms with Gasteiger partial charge in [0.15, 0.2) is 11.5 Å². The van der Waals surface area contributed by atoms with Gasteiger partial charge in [-0.05, 0) is 30.7 Å². The van der Waals surface area contributed by atoms with E-state index in [-0.39, 0.29) is 21.4 Å². The van der Waals surface area contributed by atoms with Crippen LogP contribution in [-0.4, -0.2) is 15.3 Å². The molecule has 2 aromatic heterocycles. The fourth-order valence-electron chi connectivity index (χ4n) is 2.06. The molecule has 112 valence electrons. The summed E-state index contributed by atoms with van der Waals surface area (Å²) in [6, 6.07) is 1.60. The number of nitrogen functional groups attached to an aromatic ring is 1. The van der Waals surface area contributed by atoms with Crippen LogP contribution >= 0.6 is 23.2 Å². The maximum absolute atomic E-state index is 12.1. The SMILES string of the molecule is Cc1cc2nc(=O)c(C=C3C=C(Cl)C(=O)C(Cl)=C3)c(N)n2o1. The summed E-state index contributed by atoms with van der Waals surface area (Å²) in [5.74, 6) is 0.194. The average Bonchev–Trinajstić information content (AvgIpc) is 2.81. The monoisotopic (exact) mass is 337 g/mol. The van der Waals surface area contributed by atoms with Gasteiger partial charge in [0.25, 0.3) is 5.56 Å². The largest absolute Gasteiger partial charge is 0.382 e. The summed E-state index contributed by atoms with van der Waals surface area (Å²) in [5, 5.41) is -0.0828. The number of allylic oxidation sites excluding steroid dienone is 5. The third-order valence-corrected chi connectivity index (χ3v) is 3.61. The van der Waals surface area contributed by atoms with Crippen molar-refractivity contribution in [2.45, 2.75) is 6.92 Å². The molecule has 6 nitrogen and oxygen atoms in total. The quantitative estimate of drug-likeness (QED) is 0.862. The highest BCUT2D eigenvalue weighted by Gasteiger charge is 2.18. The Morgan fingerprint density at radius 2 is 1.91 bits per heavy atom. The van der Waals surface area contributed by atoms with Crippen molar-refractivity contribution in [2.75, 3.05) is 5.73 Å². The molecule has 2 N–H and O–H groups in total. The maximum Gasteiger partial charge on any atom is 0.282 e. The lowest BCUT2D eigenvalue weighted by Crippen LogP contribution is -2.16. The van der Waals surface area contributed by atoms with Gasteiger partial charge in [-0.1, -0.05) is 23.2 Å². The Hall–Kier alpha value is -2.31. The summed E-state index contributed by atoms with van der Waals surface area (Å²) in [4.78, 5) is 27.5. The number of anilines is 1. The number of halogens is 2. The minimum atomic E-state index is -0.517. The Morgan fingerprint density at radius 3 is 2.55 bits per heavy atom. The van der Waals surface area contributed by atoms with Gasteiger partial charge in [-0.25, -0.2) is 0 Å². The summed E-state index contributed by atoms with van der Waals surface area (Å²) in [6.45, 7) is 1.72. The summed E-state index contributed by atoms with van der Waals surface area (Å²) < 4.78 is 6.62. The molecule has 2 heterocycles. The molecule has 0 fully saturated rings. The van der Waals surface area contributed by atoms with Crippen LogP contribution in [0.3, 0.4) is 0 Å². The fraction of sp³-hybridized carbons (Fsp3) is 0.0714. The summed E-state index contributed by atoms with van der Waals surface area (Å²) >= 11 is 11.6. The molecule has 1 aliphatic rings. The molecule has 0 spiro atoms. The molecular formula is C14H9Cl2N3O3. The van der Waals surface area contributed by atoms with Crippen molar-refractivity contribution in [3.05, 3.63) is 55.5 Å². The molecule has 8 heteroatoms. The van der Waals surface area contributed by atoms with Crippen LogP contribution < -0.4 is 11.3 Å². The molecule has 3 rings (SSSR count). The molecular weight excluding hydrogens is 329 g/mol. The van der Waals surface area contributed by atoms with Crippen LogP contribution in [0, 0.1) is 6.92 Å². The van der Waals surface area contributed by atoms with Crippen molar-refractivity contribution in [1.82, 2.24) is 9.56 Å². The van der Waals surface area contributed by atoms with E-state index in [9.17, 15) is 9.59 Å². The summed E-state index contributed by atoms with van der Waals surface area (Å²) in [6.07, 6.45) is 4.25. The van der Waals surface area contributed by atoms with Crippen LogP contribution in [0.5, 0.6) is 0 Å². The van der Waals surface area contributed by atoms with Gasteiger partial charge in [-0.2, -0.15) is 4.98 Å². The van der Waals surface area contributed by atoms with Gasteiger partial charge in [0, 0.05) is 6.07 Å². The molecule has 0 aromatic carbocycles. The highest BCUT2D eigenvalue weighted by atomic mass is 35.5. The molecule has 0 bridgehead atoms. The Bertz CT molecular complexity index is 940. The van der Waals surface area contributed by atoms with Crippen molar-refractivity contribution >= 4 is 46.5 Å². The molecule has 0 amide bonds. The number of carbonyl (C=O) groups excluding carboxylic acids is 1. The Balaban J connectivity index is 2.21. The standard InChI is InChI=1S/C14H9Cl2N3O3/c1-6-2-11-18-14(21)8(13(17)19(11)22-6)3-7-4-9(15)12(20)10(16)5-7/h2-5H,17H2,1H3. The van der Waals surface area contributed by atoms with Gasteiger partial charge in [0.1, 0.15) is 5.76 Å². The smallest absolute Gasteiger partial charge is 0.282 e.